The Morgan fingerprint density at radius 1 is 1.24 bits per heavy atom. The van der Waals surface area contributed by atoms with Crippen molar-refractivity contribution in [1.29, 1.82) is 0 Å². The fourth-order valence-corrected chi connectivity index (χ4v) is 5.15. The molecule has 0 aromatic heterocycles. The second-order valence-electron chi connectivity index (χ2n) is 6.77. The van der Waals surface area contributed by atoms with E-state index in [0.29, 0.717) is 6.42 Å². The molecule has 7 atom stereocenters. The van der Waals surface area contributed by atoms with Gasteiger partial charge in [-0.3, -0.25) is 14.4 Å². The first kappa shape index (κ1) is 14.7. The maximum absolute atomic E-state index is 12.5. The van der Waals surface area contributed by atoms with Crippen LogP contribution >= 0.6 is 0 Å². The molecule has 5 nitrogen and oxygen atoms in total. The van der Waals surface area contributed by atoms with E-state index in [1.54, 1.807) is 0 Å². The van der Waals surface area contributed by atoms with Gasteiger partial charge in [-0.1, -0.05) is 6.92 Å². The van der Waals surface area contributed by atoms with Crippen molar-refractivity contribution in [2.45, 2.75) is 45.8 Å². The molecule has 7 unspecified atom stereocenters. The van der Waals surface area contributed by atoms with Crippen molar-refractivity contribution in [2.24, 2.45) is 35.5 Å². The summed E-state index contributed by atoms with van der Waals surface area (Å²) in [6, 6.07) is 0. The number of rotatable bonds is 4. The number of hydrogen-bond donors (Lipinski definition) is 1. The van der Waals surface area contributed by atoms with Gasteiger partial charge < -0.3 is 9.84 Å². The molecule has 3 rings (SSSR count). The number of Topliss-reactive ketones (excluding diaryl/α,β-unsaturated/α-hetero) is 2. The predicted octanol–water partition coefficient (Wildman–Crippen LogP) is 1.32. The minimum Gasteiger partial charge on any atom is -0.436 e. The van der Waals surface area contributed by atoms with Crippen molar-refractivity contribution in [2.75, 3.05) is 0 Å². The third kappa shape index (κ3) is 2.13. The molecule has 5 heteroatoms. The van der Waals surface area contributed by atoms with E-state index in [4.69, 9.17) is 4.74 Å². The molecule has 0 amide bonds. The molecule has 116 valence electrons. The fourth-order valence-electron chi connectivity index (χ4n) is 5.15. The Bertz CT molecular complexity index is 485. The number of ether oxygens (including phenoxy) is 1. The van der Waals surface area contributed by atoms with Crippen LogP contribution in [0.4, 0.5) is 0 Å². The minimum atomic E-state index is -1.12. The van der Waals surface area contributed by atoms with Gasteiger partial charge in [-0.15, -0.1) is 0 Å². The molecule has 0 radical (unpaired) electrons. The molecule has 3 fully saturated rings. The Kier molecular flexibility index (Phi) is 3.64. The average Bonchev–Trinajstić information content (AvgIpc) is 2.93. The number of carbonyl (C=O) groups is 3. The summed E-state index contributed by atoms with van der Waals surface area (Å²) in [4.78, 5) is 36.1. The second-order valence-corrected chi connectivity index (χ2v) is 6.77. The summed E-state index contributed by atoms with van der Waals surface area (Å²) in [5.74, 6) is -0.927. The van der Waals surface area contributed by atoms with E-state index in [2.05, 4.69) is 0 Å². The van der Waals surface area contributed by atoms with E-state index < -0.39 is 12.3 Å². The monoisotopic (exact) mass is 294 g/mol. The van der Waals surface area contributed by atoms with Gasteiger partial charge >= 0.3 is 5.97 Å². The highest BCUT2D eigenvalue weighted by molar-refractivity contribution is 5.90. The molecular weight excluding hydrogens is 272 g/mol. The molecule has 1 heterocycles. The highest BCUT2D eigenvalue weighted by Gasteiger charge is 2.64. The van der Waals surface area contributed by atoms with Crippen molar-refractivity contribution in [1.82, 2.24) is 0 Å². The zero-order chi connectivity index (χ0) is 15.3. The number of esters is 1. The number of fused-ring (bicyclic) bond motifs is 5. The first-order valence-corrected chi connectivity index (χ1v) is 7.86. The fraction of sp³-hybridized carbons (Fsp3) is 0.812. The highest BCUT2D eigenvalue weighted by atomic mass is 16.6. The van der Waals surface area contributed by atoms with E-state index in [-0.39, 0.29) is 53.5 Å². The first-order valence-electron chi connectivity index (χ1n) is 7.86. The van der Waals surface area contributed by atoms with E-state index in [1.807, 2.05) is 6.92 Å². The Morgan fingerprint density at radius 2 is 1.95 bits per heavy atom. The lowest BCUT2D eigenvalue weighted by molar-refractivity contribution is -0.207. The molecule has 2 bridgehead atoms. The van der Waals surface area contributed by atoms with Crippen molar-refractivity contribution >= 4 is 17.5 Å². The van der Waals surface area contributed by atoms with Crippen LogP contribution < -0.4 is 0 Å². The maximum atomic E-state index is 12.5. The topological polar surface area (TPSA) is 80.7 Å². The van der Waals surface area contributed by atoms with Crippen LogP contribution in [-0.4, -0.2) is 28.9 Å². The number of aliphatic hydroxyl groups excluding tert-OH is 1. The van der Waals surface area contributed by atoms with E-state index in [1.165, 1.54) is 6.92 Å². The van der Waals surface area contributed by atoms with Gasteiger partial charge in [0.2, 0.25) is 6.29 Å². The van der Waals surface area contributed by atoms with Gasteiger partial charge in [-0.25, -0.2) is 0 Å². The summed E-state index contributed by atoms with van der Waals surface area (Å²) in [5, 5.41) is 10.1. The van der Waals surface area contributed by atoms with Gasteiger partial charge in [0.15, 0.2) is 0 Å². The lowest BCUT2D eigenvalue weighted by Gasteiger charge is -2.43. The van der Waals surface area contributed by atoms with Gasteiger partial charge in [0, 0.05) is 30.6 Å². The largest absolute Gasteiger partial charge is 0.436 e. The van der Waals surface area contributed by atoms with Crippen LogP contribution in [0.15, 0.2) is 0 Å². The third-order valence-corrected chi connectivity index (χ3v) is 5.71. The van der Waals surface area contributed by atoms with Crippen molar-refractivity contribution in [3.63, 3.8) is 0 Å². The number of ketones is 2. The molecule has 2 saturated carbocycles. The summed E-state index contributed by atoms with van der Waals surface area (Å²) in [7, 11) is 0. The molecule has 2 aliphatic carbocycles. The van der Waals surface area contributed by atoms with Crippen molar-refractivity contribution in [3.05, 3.63) is 0 Å². The average molecular weight is 294 g/mol. The number of aliphatic hydroxyl groups is 1. The quantitative estimate of drug-likeness (QED) is 0.791. The van der Waals surface area contributed by atoms with E-state index in [9.17, 15) is 19.5 Å². The smallest absolute Gasteiger partial charge is 0.308 e. The second kappa shape index (κ2) is 5.20. The molecule has 1 saturated heterocycles. The summed E-state index contributed by atoms with van der Waals surface area (Å²) >= 11 is 0. The molecule has 1 aliphatic heterocycles. The Balaban J connectivity index is 1.92. The van der Waals surface area contributed by atoms with Crippen molar-refractivity contribution in [3.8, 4) is 0 Å². The molecule has 0 aromatic carbocycles. The van der Waals surface area contributed by atoms with Crippen LogP contribution in [0.3, 0.4) is 0 Å². The zero-order valence-corrected chi connectivity index (χ0v) is 12.5. The number of carbonyl (C=O) groups excluding carboxylic acids is 3. The minimum absolute atomic E-state index is 0.00680. The molecule has 0 aromatic rings. The molecule has 1 N–H and O–H groups in total. The van der Waals surface area contributed by atoms with Gasteiger partial charge in [0.25, 0.3) is 0 Å². The lowest BCUT2D eigenvalue weighted by atomic mass is 9.63. The summed E-state index contributed by atoms with van der Waals surface area (Å²) in [6.07, 6.45) is 1.17. The number of cyclic esters (lactones) is 1. The summed E-state index contributed by atoms with van der Waals surface area (Å²) in [6.45, 7) is 3.49. The molecule has 0 spiro atoms. The van der Waals surface area contributed by atoms with Crippen LogP contribution in [0, 0.1) is 35.5 Å². The zero-order valence-electron chi connectivity index (χ0n) is 12.5. The van der Waals surface area contributed by atoms with Crippen LogP contribution in [0.2, 0.25) is 0 Å². The van der Waals surface area contributed by atoms with Gasteiger partial charge in [-0.05, 0) is 37.5 Å². The Labute approximate surface area is 124 Å². The Hall–Kier alpha value is -1.23. The van der Waals surface area contributed by atoms with Crippen molar-refractivity contribution < 1.29 is 24.2 Å². The van der Waals surface area contributed by atoms with Crippen LogP contribution in [0.1, 0.15) is 39.5 Å². The molecular formula is C16H22O5. The molecule has 21 heavy (non-hydrogen) atoms. The normalized spacial score (nSPS) is 44.3. The highest BCUT2D eigenvalue weighted by Crippen LogP contribution is 2.62. The first-order chi connectivity index (χ1) is 9.95. The van der Waals surface area contributed by atoms with E-state index in [0.717, 1.165) is 12.8 Å². The maximum Gasteiger partial charge on any atom is 0.308 e. The van der Waals surface area contributed by atoms with Gasteiger partial charge in [0.1, 0.15) is 11.6 Å². The van der Waals surface area contributed by atoms with Crippen LogP contribution in [0.25, 0.3) is 0 Å². The number of hydrogen-bond acceptors (Lipinski definition) is 5. The Morgan fingerprint density at radius 3 is 2.57 bits per heavy atom. The predicted molar refractivity (Wildman–Crippen MR) is 72.9 cm³/mol. The van der Waals surface area contributed by atoms with Crippen LogP contribution in [0.5, 0.6) is 0 Å². The van der Waals surface area contributed by atoms with Crippen LogP contribution in [-0.2, 0) is 19.1 Å². The summed E-state index contributed by atoms with van der Waals surface area (Å²) in [5.41, 5.74) is 0. The van der Waals surface area contributed by atoms with E-state index >= 15 is 0 Å². The lowest BCUT2D eigenvalue weighted by Crippen LogP contribution is -2.49. The van der Waals surface area contributed by atoms with Gasteiger partial charge in [0.05, 0.1) is 0 Å². The molecule has 3 aliphatic rings. The SMILES string of the molecule is CCCC(=O)C1C2CC(C1C(C)=O)C1C(O)OC(=O)CC21. The third-order valence-electron chi connectivity index (χ3n) is 5.71. The standard InChI is InChI=1S/C16H22O5/c1-3-4-11(18)15-8-5-10(13(15)7(2)17)14-9(8)6-12(19)21-16(14)20/h8-10,13-16,20H,3-6H2,1-2H3. The van der Waals surface area contributed by atoms with Gasteiger partial charge in [-0.2, -0.15) is 0 Å². The summed E-state index contributed by atoms with van der Waals surface area (Å²) < 4.78 is 4.94.